The van der Waals surface area contributed by atoms with E-state index in [-0.39, 0.29) is 5.88 Å². The molecule has 0 rings (SSSR count). The monoisotopic (exact) mass is 74.0 g/mol. The van der Waals surface area contributed by atoms with Crippen LogP contribution in [0.1, 0.15) is 0 Å². The fraction of sp³-hybridized carbons (Fsp3) is 0. The maximum atomic E-state index is 7.88. The Bertz CT molecular complexity index is 45.6. The Hall–Kier alpha value is -0.860. The summed E-state index contributed by atoms with van der Waals surface area (Å²) in [5.74, 6) is -0.343. The maximum absolute atomic E-state index is 7.88. The van der Waals surface area contributed by atoms with Gasteiger partial charge >= 0.3 is 0 Å². The molecule has 0 aliphatic heterocycles. The van der Waals surface area contributed by atoms with Crippen molar-refractivity contribution in [2.75, 3.05) is 0 Å². The van der Waals surface area contributed by atoms with E-state index in [4.69, 9.17) is 5.11 Å². The molecule has 0 fully saturated rings. The molecule has 0 bridgehead atoms. The Kier molecular flexibility index (Phi) is 1.21. The van der Waals surface area contributed by atoms with Crippen molar-refractivity contribution in [3.8, 4) is 0 Å². The molecule has 5 heavy (non-hydrogen) atoms. The molecule has 0 aliphatic carbocycles. The maximum Gasteiger partial charge on any atom is 0.197 e. The summed E-state index contributed by atoms with van der Waals surface area (Å²) in [5.41, 5.74) is 9.22. The molecule has 0 radical (unpaired) electrons. The van der Waals surface area contributed by atoms with E-state index in [9.17, 15) is 0 Å². The molecule has 0 saturated carbocycles. The lowest BCUT2D eigenvalue weighted by Crippen LogP contribution is -1.97. The molecule has 3 nitrogen and oxygen atoms in total. The Morgan fingerprint density at radius 3 is 2.00 bits per heavy atom. The molecule has 0 aliphatic rings. The topological polar surface area (TPSA) is 72.3 Å². The fourth-order valence-electron chi connectivity index (χ4n) is 0. The van der Waals surface area contributed by atoms with Gasteiger partial charge in [-0.1, -0.05) is 0 Å². The molecule has 0 heterocycles. The molecule has 0 spiro atoms. The van der Waals surface area contributed by atoms with Gasteiger partial charge in [-0.05, 0) is 0 Å². The third kappa shape index (κ3) is 3.14. The molecule has 5 N–H and O–H groups in total. The zero-order chi connectivity index (χ0) is 4.28. The minimum absolute atomic E-state index is 0.343. The Labute approximate surface area is 29.9 Å². The van der Waals surface area contributed by atoms with Gasteiger partial charge in [0.25, 0.3) is 0 Å². The number of nitrogens with two attached hydrogens (primary N) is 2. The van der Waals surface area contributed by atoms with Crippen LogP contribution in [0.3, 0.4) is 0 Å². The van der Waals surface area contributed by atoms with Crippen molar-refractivity contribution < 1.29 is 5.11 Å². The number of hydrogen-bond donors (Lipinski definition) is 3. The average molecular weight is 74.1 g/mol. The Morgan fingerprint density at radius 1 is 1.80 bits per heavy atom. The van der Waals surface area contributed by atoms with Gasteiger partial charge in [-0.3, -0.25) is 0 Å². The SMILES string of the molecule is N/C=C(/N)O. The lowest BCUT2D eigenvalue weighted by atomic mass is 10.9. The first-order valence-electron chi connectivity index (χ1n) is 1.13. The van der Waals surface area contributed by atoms with Gasteiger partial charge in [-0.25, -0.2) is 0 Å². The van der Waals surface area contributed by atoms with Crippen molar-refractivity contribution in [1.29, 1.82) is 0 Å². The summed E-state index contributed by atoms with van der Waals surface area (Å²) in [5, 5.41) is 7.88. The first-order valence-corrected chi connectivity index (χ1v) is 1.13. The number of rotatable bonds is 0. The molecule has 0 unspecified atom stereocenters. The van der Waals surface area contributed by atoms with Crippen molar-refractivity contribution in [3.63, 3.8) is 0 Å². The second-order valence-corrected chi connectivity index (χ2v) is 0.592. The zero-order valence-electron chi connectivity index (χ0n) is 2.68. The van der Waals surface area contributed by atoms with Crippen LogP contribution >= 0.6 is 0 Å². The summed E-state index contributed by atoms with van der Waals surface area (Å²) < 4.78 is 0. The third-order valence-electron chi connectivity index (χ3n) is 0.171. The number of aliphatic hydroxyl groups excluding tert-OH is 1. The van der Waals surface area contributed by atoms with Crippen molar-refractivity contribution in [1.82, 2.24) is 0 Å². The van der Waals surface area contributed by atoms with Crippen LogP contribution in [0.4, 0.5) is 0 Å². The van der Waals surface area contributed by atoms with E-state index < -0.39 is 0 Å². The molecule has 0 aromatic carbocycles. The molecule has 0 amide bonds. The van der Waals surface area contributed by atoms with Crippen LogP contribution in [0.2, 0.25) is 0 Å². The molecule has 3 heteroatoms. The predicted molar refractivity (Wildman–Crippen MR) is 19.1 cm³/mol. The molecule has 0 atom stereocenters. The minimum atomic E-state index is -0.343. The van der Waals surface area contributed by atoms with Gasteiger partial charge in [0.05, 0.1) is 6.20 Å². The molecular formula is C2H6N2O. The second kappa shape index (κ2) is 1.46. The van der Waals surface area contributed by atoms with Crippen LogP contribution in [0.25, 0.3) is 0 Å². The summed E-state index contributed by atoms with van der Waals surface area (Å²) in [7, 11) is 0. The summed E-state index contributed by atoms with van der Waals surface area (Å²) in [6.45, 7) is 0. The molecular weight excluding hydrogens is 68.0 g/mol. The van der Waals surface area contributed by atoms with Crippen LogP contribution in [-0.2, 0) is 0 Å². The Morgan fingerprint density at radius 2 is 2.00 bits per heavy atom. The largest absolute Gasteiger partial charge is 0.494 e. The minimum Gasteiger partial charge on any atom is -0.494 e. The van der Waals surface area contributed by atoms with Crippen LogP contribution in [-0.4, -0.2) is 5.11 Å². The van der Waals surface area contributed by atoms with Gasteiger partial charge in [0.15, 0.2) is 5.88 Å². The number of hydrogen-bond acceptors (Lipinski definition) is 3. The van der Waals surface area contributed by atoms with E-state index in [0.717, 1.165) is 6.20 Å². The summed E-state index contributed by atoms with van der Waals surface area (Å²) in [6.07, 6.45) is 0.917. The van der Waals surface area contributed by atoms with Gasteiger partial charge in [0.1, 0.15) is 0 Å². The smallest absolute Gasteiger partial charge is 0.197 e. The van der Waals surface area contributed by atoms with E-state index >= 15 is 0 Å². The lowest BCUT2D eigenvalue weighted by molar-refractivity contribution is 0.404. The Balaban J connectivity index is 3.14. The highest BCUT2D eigenvalue weighted by Crippen LogP contribution is 1.57. The third-order valence-corrected chi connectivity index (χ3v) is 0.171. The lowest BCUT2D eigenvalue weighted by Gasteiger charge is -1.76. The van der Waals surface area contributed by atoms with E-state index in [1.165, 1.54) is 0 Å². The first kappa shape index (κ1) is 4.14. The number of aliphatic hydroxyl groups is 1. The van der Waals surface area contributed by atoms with Crippen molar-refractivity contribution in [2.24, 2.45) is 11.5 Å². The average Bonchev–Trinajstić information content (AvgIpc) is 1.38. The van der Waals surface area contributed by atoms with E-state index in [2.05, 4.69) is 11.5 Å². The van der Waals surface area contributed by atoms with E-state index in [1.54, 1.807) is 0 Å². The molecule has 30 valence electrons. The summed E-state index contributed by atoms with van der Waals surface area (Å²) in [6, 6.07) is 0. The highest BCUT2D eigenvalue weighted by atomic mass is 16.3. The van der Waals surface area contributed by atoms with Crippen LogP contribution in [0.5, 0.6) is 0 Å². The highest BCUT2D eigenvalue weighted by Gasteiger charge is 1.63. The quantitative estimate of drug-likeness (QED) is 0.331. The van der Waals surface area contributed by atoms with Crippen molar-refractivity contribution >= 4 is 0 Å². The van der Waals surface area contributed by atoms with Crippen molar-refractivity contribution in [3.05, 3.63) is 12.1 Å². The molecule has 0 aromatic heterocycles. The standard InChI is InChI=1S/C2H6N2O/c3-1-2(4)5/h1,5H,3-4H2/b2-1-. The highest BCUT2D eigenvalue weighted by molar-refractivity contribution is 4.76. The van der Waals surface area contributed by atoms with Gasteiger partial charge in [0, 0.05) is 0 Å². The van der Waals surface area contributed by atoms with Crippen LogP contribution in [0.15, 0.2) is 12.1 Å². The van der Waals surface area contributed by atoms with Crippen LogP contribution in [0, 0.1) is 0 Å². The van der Waals surface area contributed by atoms with E-state index in [0.29, 0.717) is 0 Å². The van der Waals surface area contributed by atoms with E-state index in [1.807, 2.05) is 0 Å². The predicted octanol–water partition coefficient (Wildman–Crippen LogP) is -0.739. The van der Waals surface area contributed by atoms with Gasteiger partial charge in [0.2, 0.25) is 0 Å². The normalized spacial score (nSPS) is 11.6. The fourth-order valence-corrected chi connectivity index (χ4v) is 0. The summed E-state index contributed by atoms with van der Waals surface area (Å²) >= 11 is 0. The summed E-state index contributed by atoms with van der Waals surface area (Å²) in [4.78, 5) is 0. The van der Waals surface area contributed by atoms with Gasteiger partial charge in [-0.2, -0.15) is 0 Å². The van der Waals surface area contributed by atoms with Crippen LogP contribution < -0.4 is 11.5 Å². The zero-order valence-corrected chi connectivity index (χ0v) is 2.68. The van der Waals surface area contributed by atoms with Crippen molar-refractivity contribution in [2.45, 2.75) is 0 Å². The first-order chi connectivity index (χ1) is 2.27. The second-order valence-electron chi connectivity index (χ2n) is 0.592. The molecule has 0 saturated heterocycles. The van der Waals surface area contributed by atoms with Gasteiger partial charge < -0.3 is 16.6 Å². The molecule has 0 aromatic rings. The van der Waals surface area contributed by atoms with Gasteiger partial charge in [-0.15, -0.1) is 0 Å².